The SMILES string of the molecule is COc1ccccc1N(C)S(=O)(=O)c1ccc(C)c(C(=O)Nc2ccccc2OCCC(N)=O)c1. The molecule has 9 nitrogen and oxygen atoms in total. The maximum atomic E-state index is 13.4. The highest BCUT2D eigenvalue weighted by atomic mass is 32.2. The number of ether oxygens (including phenoxy) is 2. The van der Waals surface area contributed by atoms with Gasteiger partial charge >= 0.3 is 0 Å². The molecule has 0 bridgehead atoms. The normalized spacial score (nSPS) is 10.9. The van der Waals surface area contributed by atoms with Gasteiger partial charge in [0.25, 0.3) is 15.9 Å². The number of carbonyl (C=O) groups is 2. The number of benzene rings is 3. The van der Waals surface area contributed by atoms with Crippen LogP contribution in [0.5, 0.6) is 11.5 Å². The molecule has 0 spiro atoms. The Balaban J connectivity index is 1.89. The van der Waals surface area contributed by atoms with E-state index in [4.69, 9.17) is 15.2 Å². The molecule has 0 aliphatic rings. The van der Waals surface area contributed by atoms with Crippen molar-refractivity contribution in [3.05, 3.63) is 77.9 Å². The molecule has 0 unspecified atom stereocenters. The second-order valence-corrected chi connectivity index (χ2v) is 9.61. The molecule has 3 rings (SSSR count). The Bertz CT molecular complexity index is 1340. The van der Waals surface area contributed by atoms with Crippen LogP contribution in [0.15, 0.2) is 71.6 Å². The summed E-state index contributed by atoms with van der Waals surface area (Å²) in [6.07, 6.45) is 0.0288. The van der Waals surface area contributed by atoms with Gasteiger partial charge in [-0.25, -0.2) is 8.42 Å². The van der Waals surface area contributed by atoms with Crippen LogP contribution in [0.1, 0.15) is 22.3 Å². The fourth-order valence-corrected chi connectivity index (χ4v) is 4.56. The molecule has 0 fully saturated rings. The summed E-state index contributed by atoms with van der Waals surface area (Å²) in [5, 5.41) is 2.76. The van der Waals surface area contributed by atoms with Crippen LogP contribution in [0.25, 0.3) is 0 Å². The van der Waals surface area contributed by atoms with Crippen LogP contribution in [0.3, 0.4) is 0 Å². The lowest BCUT2D eigenvalue weighted by Crippen LogP contribution is -2.27. The number of nitrogens with one attached hydrogen (secondary N) is 1. The van der Waals surface area contributed by atoms with Crippen molar-refractivity contribution in [2.24, 2.45) is 5.73 Å². The maximum Gasteiger partial charge on any atom is 0.264 e. The van der Waals surface area contributed by atoms with Gasteiger partial charge in [0.05, 0.1) is 36.4 Å². The number of amides is 2. The van der Waals surface area contributed by atoms with E-state index in [1.165, 1.54) is 26.3 Å². The van der Waals surface area contributed by atoms with Gasteiger partial charge < -0.3 is 20.5 Å². The van der Waals surface area contributed by atoms with E-state index in [1.807, 2.05) is 0 Å². The highest BCUT2D eigenvalue weighted by Crippen LogP contribution is 2.32. The van der Waals surface area contributed by atoms with E-state index < -0.39 is 21.8 Å². The molecule has 0 aliphatic carbocycles. The third kappa shape index (κ3) is 5.90. The highest BCUT2D eigenvalue weighted by Gasteiger charge is 2.25. The number of primary amides is 1. The van der Waals surface area contributed by atoms with Crippen molar-refractivity contribution in [1.82, 2.24) is 0 Å². The number of rotatable bonds is 10. The van der Waals surface area contributed by atoms with Gasteiger partial charge in [-0.05, 0) is 48.9 Å². The summed E-state index contributed by atoms with van der Waals surface area (Å²) in [5.41, 5.74) is 6.66. The van der Waals surface area contributed by atoms with Gasteiger partial charge in [0.2, 0.25) is 5.91 Å². The zero-order chi connectivity index (χ0) is 25.6. The number of aryl methyl sites for hydroxylation is 1. The predicted octanol–water partition coefficient (Wildman–Crippen LogP) is 3.34. The first-order valence-electron chi connectivity index (χ1n) is 10.7. The van der Waals surface area contributed by atoms with E-state index in [0.717, 1.165) is 4.31 Å². The Morgan fingerprint density at radius 3 is 2.34 bits per heavy atom. The molecule has 0 saturated carbocycles. The van der Waals surface area contributed by atoms with Crippen molar-refractivity contribution in [1.29, 1.82) is 0 Å². The van der Waals surface area contributed by atoms with E-state index >= 15 is 0 Å². The number of nitrogens with two attached hydrogens (primary N) is 1. The average Bonchev–Trinajstić information content (AvgIpc) is 2.84. The summed E-state index contributed by atoms with van der Waals surface area (Å²) in [6.45, 7) is 1.77. The average molecular weight is 498 g/mol. The summed E-state index contributed by atoms with van der Waals surface area (Å²) in [6, 6.07) is 17.8. The molecule has 0 aliphatic heterocycles. The van der Waals surface area contributed by atoms with Gasteiger partial charge in [-0.3, -0.25) is 13.9 Å². The second kappa shape index (κ2) is 10.9. The van der Waals surface area contributed by atoms with Crippen LogP contribution < -0.4 is 24.8 Å². The van der Waals surface area contributed by atoms with Crippen molar-refractivity contribution in [2.75, 3.05) is 30.4 Å². The van der Waals surface area contributed by atoms with Gasteiger partial charge in [0.15, 0.2) is 0 Å². The molecule has 35 heavy (non-hydrogen) atoms. The van der Waals surface area contributed by atoms with Gasteiger partial charge in [-0.15, -0.1) is 0 Å². The molecule has 0 saturated heterocycles. The predicted molar refractivity (Wildman–Crippen MR) is 133 cm³/mol. The topological polar surface area (TPSA) is 128 Å². The number of sulfonamides is 1. The lowest BCUT2D eigenvalue weighted by Gasteiger charge is -2.22. The highest BCUT2D eigenvalue weighted by molar-refractivity contribution is 7.92. The minimum atomic E-state index is -3.99. The van der Waals surface area contributed by atoms with Crippen molar-refractivity contribution in [3.8, 4) is 11.5 Å². The largest absolute Gasteiger partial charge is 0.495 e. The van der Waals surface area contributed by atoms with E-state index in [9.17, 15) is 18.0 Å². The first-order valence-corrected chi connectivity index (χ1v) is 12.1. The molecule has 10 heteroatoms. The molecule has 2 amide bonds. The molecule has 0 aromatic heterocycles. The monoisotopic (exact) mass is 497 g/mol. The van der Waals surface area contributed by atoms with Gasteiger partial charge in [-0.1, -0.05) is 30.3 Å². The van der Waals surface area contributed by atoms with Crippen molar-refractivity contribution >= 4 is 33.2 Å². The van der Waals surface area contributed by atoms with E-state index in [-0.39, 0.29) is 23.5 Å². The lowest BCUT2D eigenvalue weighted by atomic mass is 10.1. The molecular formula is C25H27N3O6S. The second-order valence-electron chi connectivity index (χ2n) is 7.64. The zero-order valence-corrected chi connectivity index (χ0v) is 20.5. The van der Waals surface area contributed by atoms with Crippen LogP contribution in [-0.2, 0) is 14.8 Å². The number of anilines is 2. The Hall–Kier alpha value is -4.05. The Labute approximate surface area is 204 Å². The molecule has 0 heterocycles. The molecule has 3 N–H and O–H groups in total. The third-order valence-electron chi connectivity index (χ3n) is 5.28. The van der Waals surface area contributed by atoms with Crippen molar-refractivity contribution in [3.63, 3.8) is 0 Å². The number of para-hydroxylation sites is 4. The fourth-order valence-electron chi connectivity index (χ4n) is 3.33. The molecule has 3 aromatic rings. The molecule has 3 aromatic carbocycles. The Kier molecular flexibility index (Phi) is 7.98. The van der Waals surface area contributed by atoms with Crippen LogP contribution in [0.4, 0.5) is 11.4 Å². The number of carbonyl (C=O) groups excluding carboxylic acids is 2. The minimum Gasteiger partial charge on any atom is -0.495 e. The number of hydrogen-bond donors (Lipinski definition) is 2. The van der Waals surface area contributed by atoms with Gasteiger partial charge in [0.1, 0.15) is 11.5 Å². The molecular weight excluding hydrogens is 470 g/mol. The van der Waals surface area contributed by atoms with E-state index in [1.54, 1.807) is 61.5 Å². The molecule has 0 atom stereocenters. The summed E-state index contributed by atoms with van der Waals surface area (Å²) < 4.78 is 38.7. The number of hydrogen-bond acceptors (Lipinski definition) is 6. The lowest BCUT2D eigenvalue weighted by molar-refractivity contribution is -0.118. The van der Waals surface area contributed by atoms with Crippen LogP contribution in [0, 0.1) is 6.92 Å². The smallest absolute Gasteiger partial charge is 0.264 e. The quantitative estimate of drug-likeness (QED) is 0.442. The molecule has 184 valence electrons. The van der Waals surface area contributed by atoms with Gasteiger partial charge in [-0.2, -0.15) is 0 Å². The van der Waals surface area contributed by atoms with E-state index in [0.29, 0.717) is 28.4 Å². The maximum absolute atomic E-state index is 13.4. The van der Waals surface area contributed by atoms with Crippen LogP contribution in [-0.4, -0.2) is 41.0 Å². The summed E-state index contributed by atoms with van der Waals surface area (Å²) in [7, 11) is -1.11. The Morgan fingerprint density at radius 2 is 1.66 bits per heavy atom. The summed E-state index contributed by atoms with van der Waals surface area (Å²) >= 11 is 0. The first kappa shape index (κ1) is 25.6. The van der Waals surface area contributed by atoms with Crippen molar-refractivity contribution in [2.45, 2.75) is 18.2 Å². The van der Waals surface area contributed by atoms with E-state index in [2.05, 4.69) is 5.32 Å². The van der Waals surface area contributed by atoms with Gasteiger partial charge in [0, 0.05) is 12.6 Å². The zero-order valence-electron chi connectivity index (χ0n) is 19.6. The van der Waals surface area contributed by atoms with Crippen molar-refractivity contribution < 1.29 is 27.5 Å². The van der Waals surface area contributed by atoms with Crippen LogP contribution >= 0.6 is 0 Å². The fraction of sp³-hybridized carbons (Fsp3) is 0.200. The minimum absolute atomic E-state index is 0.0288. The number of methoxy groups -OCH3 is 1. The van der Waals surface area contributed by atoms with Crippen LogP contribution in [0.2, 0.25) is 0 Å². The summed E-state index contributed by atoms with van der Waals surface area (Å²) in [4.78, 5) is 24.0. The Morgan fingerprint density at radius 1 is 1.00 bits per heavy atom. The standard InChI is InChI=1S/C25H27N3O6S/c1-17-12-13-18(35(31,32)28(2)21-9-5-7-11-23(21)33-3)16-19(17)25(30)27-20-8-4-6-10-22(20)34-15-14-24(26)29/h4-13,16H,14-15H2,1-3H3,(H2,26,29)(H,27,30). The molecule has 0 radical (unpaired) electrons. The first-order chi connectivity index (χ1) is 16.6. The number of nitrogens with zero attached hydrogens (tertiary/aromatic N) is 1. The third-order valence-corrected chi connectivity index (χ3v) is 7.05. The summed E-state index contributed by atoms with van der Waals surface area (Å²) in [5.74, 6) is -0.250.